The molecular weight excluding hydrogens is 463 g/mol. The minimum Gasteiger partial charge on any atom is -0.505 e. The van der Waals surface area contributed by atoms with Crippen molar-refractivity contribution in [3.05, 3.63) is 56.5 Å². The van der Waals surface area contributed by atoms with Crippen LogP contribution in [-0.2, 0) is 21.3 Å². The van der Waals surface area contributed by atoms with Gasteiger partial charge in [0.25, 0.3) is 5.91 Å². The molecule has 0 spiro atoms. The predicted molar refractivity (Wildman–Crippen MR) is 110 cm³/mol. The maximum absolute atomic E-state index is 13.0. The Labute approximate surface area is 183 Å². The maximum atomic E-state index is 13.0. The average molecular weight is 480 g/mol. The molecule has 0 aliphatic carbocycles. The lowest BCUT2D eigenvalue weighted by Gasteiger charge is -2.27. The highest BCUT2D eigenvalue weighted by molar-refractivity contribution is 7.89. The maximum Gasteiger partial charge on any atom is 0.256 e. The number of halogens is 3. The van der Waals surface area contributed by atoms with Gasteiger partial charge in [0.15, 0.2) is 0 Å². The molecule has 1 heterocycles. The number of phenolic OH excluding ortho intramolecular Hbond substituents is 1. The van der Waals surface area contributed by atoms with E-state index in [1.165, 1.54) is 16.4 Å². The van der Waals surface area contributed by atoms with Crippen molar-refractivity contribution >= 4 is 50.7 Å². The molecule has 2 aromatic rings. The Hall–Kier alpha value is -1.55. The highest BCUT2D eigenvalue weighted by Crippen LogP contribution is 2.38. The molecule has 2 aromatic carbocycles. The van der Waals surface area contributed by atoms with Crippen LogP contribution in [-0.4, -0.2) is 50.0 Å². The molecule has 11 heteroatoms. The first-order chi connectivity index (χ1) is 13.7. The quantitative estimate of drug-likeness (QED) is 0.642. The molecule has 0 atom stereocenters. The van der Waals surface area contributed by atoms with Gasteiger partial charge in [-0.15, -0.1) is 0 Å². The third-order valence-corrected chi connectivity index (χ3v) is 7.45. The molecule has 7 nitrogen and oxygen atoms in total. The molecule has 0 bridgehead atoms. The first-order valence-corrected chi connectivity index (χ1v) is 11.1. The van der Waals surface area contributed by atoms with E-state index in [1.54, 1.807) is 18.2 Å². The minimum atomic E-state index is -3.75. The van der Waals surface area contributed by atoms with Crippen molar-refractivity contribution in [2.45, 2.75) is 11.4 Å². The fourth-order valence-electron chi connectivity index (χ4n) is 2.88. The first-order valence-electron chi connectivity index (χ1n) is 8.54. The van der Waals surface area contributed by atoms with Crippen LogP contribution in [0.1, 0.15) is 15.9 Å². The van der Waals surface area contributed by atoms with Gasteiger partial charge in [0, 0.05) is 19.6 Å². The molecular formula is C18H17Cl3N2O5S. The molecule has 1 saturated heterocycles. The zero-order chi connectivity index (χ0) is 21.2. The van der Waals surface area contributed by atoms with Crippen molar-refractivity contribution in [2.75, 3.05) is 26.3 Å². The number of nitrogens with zero attached hydrogens (tertiary/aromatic N) is 1. The summed E-state index contributed by atoms with van der Waals surface area (Å²) < 4.78 is 32.5. The Morgan fingerprint density at radius 3 is 2.48 bits per heavy atom. The van der Waals surface area contributed by atoms with Gasteiger partial charge >= 0.3 is 0 Å². The van der Waals surface area contributed by atoms with Crippen molar-refractivity contribution in [1.82, 2.24) is 9.62 Å². The number of ether oxygens (including phenoxy) is 1. The van der Waals surface area contributed by atoms with E-state index in [0.717, 1.165) is 0 Å². The zero-order valence-corrected chi connectivity index (χ0v) is 18.1. The lowest BCUT2D eigenvalue weighted by atomic mass is 10.1. The van der Waals surface area contributed by atoms with Crippen LogP contribution in [0.25, 0.3) is 0 Å². The Morgan fingerprint density at radius 1 is 1.14 bits per heavy atom. The molecule has 2 N–H and O–H groups in total. The number of hydrogen-bond donors (Lipinski definition) is 2. The zero-order valence-electron chi connectivity index (χ0n) is 15.0. The third-order valence-electron chi connectivity index (χ3n) is 4.37. The van der Waals surface area contributed by atoms with Crippen molar-refractivity contribution in [3.8, 4) is 5.75 Å². The van der Waals surface area contributed by atoms with Gasteiger partial charge in [0.1, 0.15) is 11.3 Å². The van der Waals surface area contributed by atoms with E-state index in [-0.39, 0.29) is 45.2 Å². The summed E-state index contributed by atoms with van der Waals surface area (Å²) in [6, 6.07) is 7.58. The van der Waals surface area contributed by atoms with E-state index >= 15 is 0 Å². The number of carbonyl (C=O) groups is 1. The number of amides is 1. The number of sulfonamides is 1. The van der Waals surface area contributed by atoms with Crippen LogP contribution in [0.3, 0.4) is 0 Å². The Kier molecular flexibility index (Phi) is 6.93. The molecule has 0 aromatic heterocycles. The van der Waals surface area contributed by atoms with E-state index in [1.807, 2.05) is 0 Å². The van der Waals surface area contributed by atoms with Gasteiger partial charge in [0.05, 0.1) is 33.2 Å². The summed E-state index contributed by atoms with van der Waals surface area (Å²) in [5.41, 5.74) is 0.105. The van der Waals surface area contributed by atoms with Crippen LogP contribution < -0.4 is 5.32 Å². The molecule has 29 heavy (non-hydrogen) atoms. The summed E-state index contributed by atoms with van der Waals surface area (Å²) in [7, 11) is -3.75. The summed E-state index contributed by atoms with van der Waals surface area (Å²) in [6.45, 7) is 1.05. The molecule has 156 valence electrons. The first kappa shape index (κ1) is 22.1. The van der Waals surface area contributed by atoms with Gasteiger partial charge in [-0.05, 0) is 17.7 Å². The minimum absolute atomic E-state index is 0.00918. The van der Waals surface area contributed by atoms with Crippen molar-refractivity contribution < 1.29 is 23.1 Å². The Balaban J connectivity index is 1.85. The van der Waals surface area contributed by atoms with Crippen molar-refractivity contribution in [1.29, 1.82) is 0 Å². The van der Waals surface area contributed by atoms with Crippen LogP contribution in [0.2, 0.25) is 15.1 Å². The largest absolute Gasteiger partial charge is 0.505 e. The van der Waals surface area contributed by atoms with E-state index < -0.39 is 21.7 Å². The summed E-state index contributed by atoms with van der Waals surface area (Å²) in [5.74, 6) is -1.25. The van der Waals surface area contributed by atoms with Crippen LogP contribution in [0.5, 0.6) is 5.75 Å². The number of aromatic hydroxyl groups is 1. The fraction of sp³-hybridized carbons (Fsp3) is 0.278. The number of carbonyl (C=O) groups excluding carboxylic acids is 1. The average Bonchev–Trinajstić information content (AvgIpc) is 2.72. The number of morpholine rings is 1. The van der Waals surface area contributed by atoms with Gasteiger partial charge in [-0.25, -0.2) is 8.42 Å². The van der Waals surface area contributed by atoms with E-state index in [0.29, 0.717) is 18.8 Å². The van der Waals surface area contributed by atoms with Crippen LogP contribution >= 0.6 is 34.8 Å². The molecule has 1 fully saturated rings. The second-order valence-corrected chi connectivity index (χ2v) is 9.28. The number of benzene rings is 2. The lowest BCUT2D eigenvalue weighted by molar-refractivity contribution is 0.0730. The molecule has 0 saturated carbocycles. The SMILES string of the molecule is O=C(NCc1ccccc1S(=O)(=O)N1CCOCC1)c1c(O)c(Cl)cc(Cl)c1Cl. The van der Waals surface area contributed by atoms with E-state index in [9.17, 15) is 18.3 Å². The van der Waals surface area contributed by atoms with Gasteiger partial charge in [-0.3, -0.25) is 4.79 Å². The van der Waals surface area contributed by atoms with Gasteiger partial charge in [0.2, 0.25) is 10.0 Å². The Bertz CT molecular complexity index is 1010. The number of rotatable bonds is 5. The van der Waals surface area contributed by atoms with Gasteiger partial charge in [-0.1, -0.05) is 53.0 Å². The number of phenols is 1. The summed E-state index contributed by atoms with van der Waals surface area (Å²) in [6.07, 6.45) is 0. The number of hydrogen-bond acceptors (Lipinski definition) is 5. The highest BCUT2D eigenvalue weighted by Gasteiger charge is 2.28. The molecule has 0 radical (unpaired) electrons. The molecule has 1 aliphatic heterocycles. The topological polar surface area (TPSA) is 95.9 Å². The second kappa shape index (κ2) is 9.07. The third kappa shape index (κ3) is 4.63. The lowest BCUT2D eigenvalue weighted by Crippen LogP contribution is -2.41. The highest BCUT2D eigenvalue weighted by atomic mass is 35.5. The summed E-state index contributed by atoms with van der Waals surface area (Å²) in [4.78, 5) is 12.7. The van der Waals surface area contributed by atoms with Gasteiger partial charge in [-0.2, -0.15) is 4.31 Å². The number of nitrogens with one attached hydrogen (secondary N) is 1. The monoisotopic (exact) mass is 478 g/mol. The van der Waals surface area contributed by atoms with Crippen molar-refractivity contribution in [2.24, 2.45) is 0 Å². The van der Waals surface area contributed by atoms with E-state index in [4.69, 9.17) is 39.5 Å². The standard InChI is InChI=1S/C18H17Cl3N2O5S/c19-12-9-13(20)17(24)15(16(12)21)18(25)22-10-11-3-1-2-4-14(11)29(26,27)23-5-7-28-8-6-23/h1-4,9,24H,5-8,10H2,(H,22,25). The van der Waals surface area contributed by atoms with Crippen LogP contribution in [0.15, 0.2) is 35.2 Å². The van der Waals surface area contributed by atoms with Crippen molar-refractivity contribution in [3.63, 3.8) is 0 Å². The summed E-state index contributed by atoms with van der Waals surface area (Å²) >= 11 is 17.8. The smallest absolute Gasteiger partial charge is 0.256 e. The molecule has 1 amide bonds. The normalized spacial score (nSPS) is 15.3. The van der Waals surface area contributed by atoms with E-state index in [2.05, 4.69) is 5.32 Å². The second-order valence-electron chi connectivity index (χ2n) is 6.18. The predicted octanol–water partition coefficient (Wildman–Crippen LogP) is 3.30. The molecule has 0 unspecified atom stereocenters. The fourth-order valence-corrected chi connectivity index (χ4v) is 5.21. The van der Waals surface area contributed by atoms with Crippen LogP contribution in [0, 0.1) is 0 Å². The molecule has 1 aliphatic rings. The Morgan fingerprint density at radius 2 is 1.79 bits per heavy atom. The summed E-state index contributed by atoms with van der Waals surface area (Å²) in [5, 5.41) is 12.4. The molecule has 3 rings (SSSR count). The van der Waals surface area contributed by atoms with Gasteiger partial charge < -0.3 is 15.2 Å². The van der Waals surface area contributed by atoms with Crippen LogP contribution in [0.4, 0.5) is 0 Å².